The van der Waals surface area contributed by atoms with E-state index in [1.54, 1.807) is 0 Å². The first-order chi connectivity index (χ1) is 12.3. The lowest BCUT2D eigenvalue weighted by Gasteiger charge is -2.08. The first kappa shape index (κ1) is 19.1. The molecule has 0 fully saturated rings. The topological polar surface area (TPSA) is 108 Å². The number of rotatable bonds is 7. The third-order valence-corrected chi connectivity index (χ3v) is 3.21. The van der Waals surface area contributed by atoms with Crippen molar-refractivity contribution in [2.45, 2.75) is 0 Å². The fourth-order valence-electron chi connectivity index (χ4n) is 1.77. The second-order valence-electron chi connectivity index (χ2n) is 4.87. The first-order valence-electron chi connectivity index (χ1n) is 7.13. The van der Waals surface area contributed by atoms with Crippen LogP contribution in [0.5, 0.6) is 5.75 Å². The van der Waals surface area contributed by atoms with E-state index >= 15 is 0 Å². The van der Waals surface area contributed by atoms with Gasteiger partial charge in [0.25, 0.3) is 11.6 Å². The van der Waals surface area contributed by atoms with Crippen LogP contribution in [0.25, 0.3) is 0 Å². The second kappa shape index (κ2) is 8.77. The molecule has 10 heteroatoms. The highest BCUT2D eigenvalue weighted by Crippen LogP contribution is 2.19. The molecule has 2 rings (SSSR count). The van der Waals surface area contributed by atoms with Crippen LogP contribution in [-0.4, -0.2) is 30.0 Å². The monoisotopic (exact) mass is 382 g/mol. The number of nitrogens with one attached hydrogen (secondary N) is 1. The summed E-state index contributed by atoms with van der Waals surface area (Å²) in [5.41, 5.74) is -0.259. The van der Waals surface area contributed by atoms with Crippen molar-refractivity contribution < 1.29 is 28.4 Å². The zero-order valence-electron chi connectivity index (χ0n) is 13.1. The Labute approximate surface area is 151 Å². The van der Waals surface area contributed by atoms with Crippen LogP contribution in [0, 0.1) is 15.9 Å². The van der Waals surface area contributed by atoms with Crippen LogP contribution in [-0.2, 0) is 14.3 Å². The van der Waals surface area contributed by atoms with Crippen LogP contribution in [0.2, 0.25) is 5.02 Å². The van der Waals surface area contributed by atoms with E-state index in [-0.39, 0.29) is 22.1 Å². The molecule has 0 bridgehead atoms. The Kier molecular flexibility index (Phi) is 6.45. The molecule has 136 valence electrons. The van der Waals surface area contributed by atoms with Crippen LogP contribution < -0.4 is 10.1 Å². The molecule has 0 aliphatic rings. The molecular weight excluding hydrogens is 371 g/mol. The third-order valence-electron chi connectivity index (χ3n) is 2.97. The largest absolute Gasteiger partial charge is 0.482 e. The Morgan fingerprint density at radius 3 is 2.50 bits per heavy atom. The molecule has 0 saturated heterocycles. The van der Waals surface area contributed by atoms with Gasteiger partial charge >= 0.3 is 5.97 Å². The maximum atomic E-state index is 13.5. The number of amides is 1. The molecular formula is C16H12ClFN2O6. The van der Waals surface area contributed by atoms with Crippen molar-refractivity contribution in [2.24, 2.45) is 0 Å². The Hall–Kier alpha value is -3.20. The minimum atomic E-state index is -0.843. The number of benzene rings is 2. The van der Waals surface area contributed by atoms with Gasteiger partial charge in [-0.1, -0.05) is 11.6 Å². The quantitative estimate of drug-likeness (QED) is 0.448. The van der Waals surface area contributed by atoms with Gasteiger partial charge in [0.2, 0.25) is 0 Å². The van der Waals surface area contributed by atoms with Gasteiger partial charge in [0, 0.05) is 17.2 Å². The average Bonchev–Trinajstić information content (AvgIpc) is 2.61. The maximum absolute atomic E-state index is 13.5. The molecule has 0 aliphatic heterocycles. The van der Waals surface area contributed by atoms with Crippen molar-refractivity contribution in [1.29, 1.82) is 0 Å². The summed E-state index contributed by atoms with van der Waals surface area (Å²) in [5.74, 6) is -2.06. The first-order valence-corrected chi connectivity index (χ1v) is 7.51. The maximum Gasteiger partial charge on any atom is 0.344 e. The number of carbonyl (C=O) groups excluding carboxylic acids is 2. The summed E-state index contributed by atoms with van der Waals surface area (Å²) in [6.45, 7) is -1.15. The SMILES string of the molecule is O=C(COC(=O)COc1ccc([N+](=O)[O-])cc1)Nc1cc(Cl)ccc1F. The predicted octanol–water partition coefficient (Wildman–Crippen LogP) is 2.95. The Bertz CT molecular complexity index is 828. The molecule has 0 atom stereocenters. The van der Waals surface area contributed by atoms with Crippen molar-refractivity contribution in [3.8, 4) is 5.75 Å². The minimum Gasteiger partial charge on any atom is -0.482 e. The molecule has 8 nitrogen and oxygen atoms in total. The van der Waals surface area contributed by atoms with E-state index in [1.165, 1.54) is 36.4 Å². The summed E-state index contributed by atoms with van der Waals surface area (Å²) in [7, 11) is 0. The molecule has 1 N–H and O–H groups in total. The molecule has 0 radical (unpaired) electrons. The van der Waals surface area contributed by atoms with E-state index in [2.05, 4.69) is 5.32 Å². The van der Waals surface area contributed by atoms with Gasteiger partial charge in [-0.25, -0.2) is 9.18 Å². The van der Waals surface area contributed by atoms with Gasteiger partial charge in [-0.2, -0.15) is 0 Å². The smallest absolute Gasteiger partial charge is 0.344 e. The van der Waals surface area contributed by atoms with Crippen molar-refractivity contribution in [2.75, 3.05) is 18.5 Å². The zero-order valence-corrected chi connectivity index (χ0v) is 13.9. The molecule has 0 aliphatic carbocycles. The number of anilines is 1. The van der Waals surface area contributed by atoms with Gasteiger partial charge in [0.15, 0.2) is 13.2 Å². The van der Waals surface area contributed by atoms with E-state index < -0.39 is 35.8 Å². The number of nitro groups is 1. The number of carbonyl (C=O) groups is 2. The van der Waals surface area contributed by atoms with Crippen LogP contribution >= 0.6 is 11.6 Å². The normalized spacial score (nSPS) is 10.1. The molecule has 0 aromatic heterocycles. The number of ether oxygens (including phenoxy) is 2. The van der Waals surface area contributed by atoms with Crippen LogP contribution in [0.3, 0.4) is 0 Å². The number of hydrogen-bond donors (Lipinski definition) is 1. The molecule has 0 saturated carbocycles. The van der Waals surface area contributed by atoms with Gasteiger partial charge < -0.3 is 14.8 Å². The highest BCUT2D eigenvalue weighted by atomic mass is 35.5. The fraction of sp³-hybridized carbons (Fsp3) is 0.125. The molecule has 2 aromatic rings. The summed E-state index contributed by atoms with van der Waals surface area (Å²) in [4.78, 5) is 33.1. The zero-order chi connectivity index (χ0) is 19.1. The predicted molar refractivity (Wildman–Crippen MR) is 89.6 cm³/mol. The van der Waals surface area contributed by atoms with Gasteiger partial charge in [-0.15, -0.1) is 0 Å². The molecule has 0 unspecified atom stereocenters. The number of non-ortho nitro benzene ring substituents is 1. The molecule has 0 spiro atoms. The molecule has 2 aromatic carbocycles. The van der Waals surface area contributed by atoms with E-state index in [4.69, 9.17) is 21.1 Å². The molecule has 26 heavy (non-hydrogen) atoms. The van der Waals surface area contributed by atoms with E-state index in [9.17, 15) is 24.1 Å². The Morgan fingerprint density at radius 2 is 1.85 bits per heavy atom. The van der Waals surface area contributed by atoms with E-state index in [0.717, 1.165) is 6.07 Å². The van der Waals surface area contributed by atoms with Gasteiger partial charge in [0.05, 0.1) is 10.6 Å². The number of nitrogens with zero attached hydrogens (tertiary/aromatic N) is 1. The summed E-state index contributed by atoms with van der Waals surface area (Å²) in [5, 5.41) is 13.0. The number of esters is 1. The number of halogens is 2. The summed E-state index contributed by atoms with van der Waals surface area (Å²) in [6, 6.07) is 8.69. The van der Waals surface area contributed by atoms with Gasteiger partial charge in [-0.05, 0) is 30.3 Å². The number of nitro benzene ring substituents is 1. The van der Waals surface area contributed by atoms with Gasteiger partial charge in [-0.3, -0.25) is 14.9 Å². The summed E-state index contributed by atoms with van der Waals surface area (Å²) < 4.78 is 23.2. The molecule has 0 heterocycles. The van der Waals surface area contributed by atoms with Crippen molar-refractivity contribution in [3.05, 3.63) is 63.4 Å². The third kappa shape index (κ3) is 5.71. The lowest BCUT2D eigenvalue weighted by Crippen LogP contribution is -2.24. The Balaban J connectivity index is 1.76. The van der Waals surface area contributed by atoms with E-state index in [0.29, 0.717) is 0 Å². The Morgan fingerprint density at radius 1 is 1.15 bits per heavy atom. The number of hydrogen-bond acceptors (Lipinski definition) is 6. The lowest BCUT2D eigenvalue weighted by atomic mass is 10.3. The molecule has 1 amide bonds. The standard InChI is InChI=1S/C16H12ClFN2O6/c17-10-1-6-13(18)14(7-10)19-15(21)8-26-16(22)9-25-12-4-2-11(3-5-12)20(23)24/h1-7H,8-9H2,(H,19,21). The van der Waals surface area contributed by atoms with Crippen LogP contribution in [0.1, 0.15) is 0 Å². The van der Waals surface area contributed by atoms with E-state index in [1.807, 2.05) is 0 Å². The van der Waals surface area contributed by atoms with Crippen molar-refractivity contribution in [3.63, 3.8) is 0 Å². The fourth-order valence-corrected chi connectivity index (χ4v) is 1.95. The second-order valence-corrected chi connectivity index (χ2v) is 5.31. The van der Waals surface area contributed by atoms with Crippen LogP contribution in [0.4, 0.5) is 15.8 Å². The lowest BCUT2D eigenvalue weighted by molar-refractivity contribution is -0.384. The minimum absolute atomic E-state index is 0.121. The summed E-state index contributed by atoms with van der Waals surface area (Å²) >= 11 is 5.70. The highest BCUT2D eigenvalue weighted by Gasteiger charge is 2.12. The van der Waals surface area contributed by atoms with Crippen molar-refractivity contribution >= 4 is 34.9 Å². The summed E-state index contributed by atoms with van der Waals surface area (Å²) in [6.07, 6.45) is 0. The van der Waals surface area contributed by atoms with Gasteiger partial charge in [0.1, 0.15) is 11.6 Å². The van der Waals surface area contributed by atoms with Crippen molar-refractivity contribution in [1.82, 2.24) is 0 Å². The van der Waals surface area contributed by atoms with Crippen LogP contribution in [0.15, 0.2) is 42.5 Å². The highest BCUT2D eigenvalue weighted by molar-refractivity contribution is 6.30. The average molecular weight is 383 g/mol.